The summed E-state index contributed by atoms with van der Waals surface area (Å²) in [5, 5.41) is 3.37. The quantitative estimate of drug-likeness (QED) is 0.168. The minimum atomic E-state index is -4.24. The van der Waals surface area contributed by atoms with E-state index in [2.05, 4.69) is 5.32 Å². The lowest BCUT2D eigenvalue weighted by molar-refractivity contribution is -0.140. The van der Waals surface area contributed by atoms with Crippen molar-refractivity contribution in [1.29, 1.82) is 0 Å². The van der Waals surface area contributed by atoms with E-state index in [1.165, 1.54) is 35.2 Å². The number of carbonyl (C=O) groups excluding carboxylic acids is 2. The van der Waals surface area contributed by atoms with Crippen LogP contribution in [0.25, 0.3) is 0 Å². The summed E-state index contributed by atoms with van der Waals surface area (Å²) in [5.41, 5.74) is 2.71. The minimum Gasteiger partial charge on any atom is -0.354 e. The van der Waals surface area contributed by atoms with E-state index in [-0.39, 0.29) is 45.4 Å². The SMILES string of the molecule is Cc1ccc(S(=O)(=O)N(CC(=O)N(Cc2ccccc2)C(Cc2ccccc2)C(=O)NCC(C)C)c2ccc(Cl)c(Cl)c2)cc1. The van der Waals surface area contributed by atoms with Crippen molar-refractivity contribution in [2.75, 3.05) is 17.4 Å². The van der Waals surface area contributed by atoms with E-state index in [4.69, 9.17) is 23.2 Å². The van der Waals surface area contributed by atoms with Crippen molar-refractivity contribution in [3.8, 4) is 0 Å². The van der Waals surface area contributed by atoms with Crippen LogP contribution in [-0.2, 0) is 32.6 Å². The number of halogens is 2. The molecule has 1 N–H and O–H groups in total. The van der Waals surface area contributed by atoms with E-state index in [1.54, 1.807) is 12.1 Å². The number of amides is 2. The highest BCUT2D eigenvalue weighted by molar-refractivity contribution is 7.92. The zero-order valence-electron chi connectivity index (χ0n) is 25.5. The fraction of sp³-hybridized carbons (Fsp3) is 0.257. The molecule has 0 aliphatic carbocycles. The highest BCUT2D eigenvalue weighted by Crippen LogP contribution is 2.31. The topological polar surface area (TPSA) is 86.8 Å². The molecule has 4 aromatic rings. The molecule has 0 spiro atoms. The Labute approximate surface area is 275 Å². The smallest absolute Gasteiger partial charge is 0.264 e. The summed E-state index contributed by atoms with van der Waals surface area (Å²) in [6.45, 7) is 5.77. The number of hydrogen-bond donors (Lipinski definition) is 1. The normalized spacial score (nSPS) is 12.0. The van der Waals surface area contributed by atoms with Crippen molar-refractivity contribution in [2.24, 2.45) is 5.92 Å². The average molecular weight is 667 g/mol. The Hall–Kier alpha value is -3.85. The third-order valence-corrected chi connectivity index (χ3v) is 9.76. The molecule has 0 bridgehead atoms. The van der Waals surface area contributed by atoms with Crippen LogP contribution in [0.4, 0.5) is 5.69 Å². The maximum atomic E-state index is 14.5. The minimum absolute atomic E-state index is 0.0112. The molecule has 236 valence electrons. The largest absolute Gasteiger partial charge is 0.354 e. The van der Waals surface area contributed by atoms with Gasteiger partial charge in [-0.25, -0.2) is 8.42 Å². The Bertz CT molecular complexity index is 1700. The van der Waals surface area contributed by atoms with Crippen molar-refractivity contribution in [3.05, 3.63) is 130 Å². The fourth-order valence-corrected chi connectivity index (χ4v) is 6.46. The van der Waals surface area contributed by atoms with Crippen molar-refractivity contribution in [3.63, 3.8) is 0 Å². The molecule has 0 aromatic heterocycles. The van der Waals surface area contributed by atoms with Gasteiger partial charge in [0, 0.05) is 19.5 Å². The van der Waals surface area contributed by atoms with E-state index in [9.17, 15) is 18.0 Å². The lowest BCUT2D eigenvalue weighted by atomic mass is 10.0. The van der Waals surface area contributed by atoms with Gasteiger partial charge in [0.2, 0.25) is 11.8 Å². The molecule has 0 fully saturated rings. The zero-order chi connectivity index (χ0) is 32.6. The number of nitrogens with zero attached hydrogens (tertiary/aromatic N) is 2. The second kappa shape index (κ2) is 15.4. The number of carbonyl (C=O) groups is 2. The summed E-state index contributed by atoms with van der Waals surface area (Å²) < 4.78 is 29.3. The van der Waals surface area contributed by atoms with Crippen LogP contribution in [0.2, 0.25) is 10.0 Å². The molecular weight excluding hydrogens is 629 g/mol. The lowest BCUT2D eigenvalue weighted by Gasteiger charge is -2.34. The number of nitrogens with one attached hydrogen (secondary N) is 1. The third-order valence-electron chi connectivity index (χ3n) is 7.23. The van der Waals surface area contributed by atoms with Crippen LogP contribution in [0, 0.1) is 12.8 Å². The highest BCUT2D eigenvalue weighted by Gasteiger charge is 2.34. The van der Waals surface area contributed by atoms with Gasteiger partial charge in [0.05, 0.1) is 20.6 Å². The average Bonchev–Trinajstić information content (AvgIpc) is 3.02. The van der Waals surface area contributed by atoms with Gasteiger partial charge in [0.1, 0.15) is 12.6 Å². The Morgan fingerprint density at radius 3 is 1.98 bits per heavy atom. The van der Waals surface area contributed by atoms with E-state index in [0.29, 0.717) is 6.54 Å². The molecule has 7 nitrogen and oxygen atoms in total. The second-order valence-electron chi connectivity index (χ2n) is 11.3. The fourth-order valence-electron chi connectivity index (χ4n) is 4.76. The van der Waals surface area contributed by atoms with Gasteiger partial charge >= 0.3 is 0 Å². The van der Waals surface area contributed by atoms with Gasteiger partial charge in [0.15, 0.2) is 0 Å². The summed E-state index contributed by atoms with van der Waals surface area (Å²) in [5.74, 6) is -0.685. The monoisotopic (exact) mass is 665 g/mol. The first-order chi connectivity index (χ1) is 21.5. The van der Waals surface area contributed by atoms with E-state index >= 15 is 0 Å². The van der Waals surface area contributed by atoms with Gasteiger partial charge in [-0.3, -0.25) is 13.9 Å². The number of hydrogen-bond acceptors (Lipinski definition) is 4. The van der Waals surface area contributed by atoms with Gasteiger partial charge < -0.3 is 10.2 Å². The van der Waals surface area contributed by atoms with E-state index in [1.807, 2.05) is 81.4 Å². The van der Waals surface area contributed by atoms with Crippen LogP contribution < -0.4 is 9.62 Å². The highest BCUT2D eigenvalue weighted by atomic mass is 35.5. The molecule has 0 saturated heterocycles. The summed E-state index contributed by atoms with van der Waals surface area (Å²) in [4.78, 5) is 29.8. The summed E-state index contributed by atoms with van der Waals surface area (Å²) in [6, 6.07) is 28.6. The van der Waals surface area contributed by atoms with Crippen molar-refractivity contribution < 1.29 is 18.0 Å². The first-order valence-electron chi connectivity index (χ1n) is 14.6. The Morgan fingerprint density at radius 1 is 0.800 bits per heavy atom. The van der Waals surface area contributed by atoms with Crippen LogP contribution in [-0.4, -0.2) is 44.3 Å². The standard InChI is InChI=1S/C35H37Cl2N3O4S/c1-25(2)22-38-35(42)33(20-27-10-6-4-7-11-27)39(23-28-12-8-5-9-13-28)34(41)24-40(29-16-19-31(36)32(37)21-29)45(43,44)30-17-14-26(3)15-18-30/h4-19,21,25,33H,20,22-24H2,1-3H3,(H,38,42). The number of rotatable bonds is 13. The maximum absolute atomic E-state index is 14.5. The number of aryl methyl sites for hydroxylation is 1. The van der Waals surface area contributed by atoms with Crippen LogP contribution in [0.5, 0.6) is 0 Å². The van der Waals surface area contributed by atoms with E-state index < -0.39 is 28.5 Å². The van der Waals surface area contributed by atoms with Gasteiger partial charge in [0.25, 0.3) is 10.0 Å². The van der Waals surface area contributed by atoms with Gasteiger partial charge in [-0.1, -0.05) is 115 Å². The number of anilines is 1. The molecule has 4 aromatic carbocycles. The first kappa shape index (κ1) is 34.0. The molecule has 0 saturated carbocycles. The zero-order valence-corrected chi connectivity index (χ0v) is 27.8. The predicted molar refractivity (Wildman–Crippen MR) is 181 cm³/mol. The maximum Gasteiger partial charge on any atom is 0.264 e. The Kier molecular flexibility index (Phi) is 11.7. The molecule has 0 radical (unpaired) electrons. The summed E-state index contributed by atoms with van der Waals surface area (Å²) >= 11 is 12.5. The second-order valence-corrected chi connectivity index (χ2v) is 14.0. The van der Waals surface area contributed by atoms with Crippen LogP contribution in [0.1, 0.15) is 30.5 Å². The van der Waals surface area contributed by atoms with Crippen LogP contribution in [0.3, 0.4) is 0 Å². The molecule has 1 unspecified atom stereocenters. The number of benzene rings is 4. The molecular formula is C35H37Cl2N3O4S. The van der Waals surface area contributed by atoms with Crippen molar-refractivity contribution in [1.82, 2.24) is 10.2 Å². The lowest BCUT2D eigenvalue weighted by Crippen LogP contribution is -2.53. The Morgan fingerprint density at radius 2 is 1.40 bits per heavy atom. The number of sulfonamides is 1. The summed E-state index contributed by atoms with van der Waals surface area (Å²) in [7, 11) is -4.24. The molecule has 0 aliphatic rings. The van der Waals surface area contributed by atoms with Gasteiger partial charge in [-0.05, 0) is 54.3 Å². The van der Waals surface area contributed by atoms with Gasteiger partial charge in [-0.2, -0.15) is 0 Å². The molecule has 2 amide bonds. The Balaban J connectivity index is 1.80. The van der Waals surface area contributed by atoms with Gasteiger partial charge in [-0.15, -0.1) is 0 Å². The molecule has 4 rings (SSSR count). The first-order valence-corrected chi connectivity index (χ1v) is 16.8. The summed E-state index contributed by atoms with van der Waals surface area (Å²) in [6.07, 6.45) is 0.237. The van der Waals surface area contributed by atoms with Crippen molar-refractivity contribution in [2.45, 2.75) is 44.7 Å². The molecule has 0 heterocycles. The molecule has 45 heavy (non-hydrogen) atoms. The molecule has 10 heteroatoms. The molecule has 1 atom stereocenters. The van der Waals surface area contributed by atoms with Crippen molar-refractivity contribution >= 4 is 50.7 Å². The van der Waals surface area contributed by atoms with Crippen LogP contribution >= 0.6 is 23.2 Å². The third kappa shape index (κ3) is 9.10. The predicted octanol–water partition coefficient (Wildman–Crippen LogP) is 6.91. The van der Waals surface area contributed by atoms with Crippen LogP contribution in [0.15, 0.2) is 108 Å². The van der Waals surface area contributed by atoms with E-state index in [0.717, 1.165) is 21.0 Å². The molecule has 0 aliphatic heterocycles.